The molecule has 0 saturated carbocycles. The summed E-state index contributed by atoms with van der Waals surface area (Å²) in [7, 11) is 0. The highest BCUT2D eigenvalue weighted by Crippen LogP contribution is 2.27. The van der Waals surface area contributed by atoms with Crippen molar-refractivity contribution in [2.45, 2.75) is 17.7 Å². The van der Waals surface area contributed by atoms with Crippen LogP contribution in [0.3, 0.4) is 0 Å². The van der Waals surface area contributed by atoms with Crippen LogP contribution in [0.4, 0.5) is 5.69 Å². The second kappa shape index (κ2) is 6.73. The molecule has 3 aromatic rings. The van der Waals surface area contributed by atoms with E-state index >= 15 is 0 Å². The van der Waals surface area contributed by atoms with Crippen LogP contribution in [0, 0.1) is 0 Å². The number of hydrogen-bond donors (Lipinski definition) is 1. The van der Waals surface area contributed by atoms with Crippen LogP contribution in [0.15, 0.2) is 65.6 Å². The number of carbonyl (C=O) groups excluding carboxylic acids is 2. The van der Waals surface area contributed by atoms with Crippen LogP contribution in [-0.4, -0.2) is 17.4 Å². The van der Waals surface area contributed by atoms with Gasteiger partial charge in [0.15, 0.2) is 5.78 Å². The number of amides is 1. The summed E-state index contributed by atoms with van der Waals surface area (Å²) in [5.74, 6) is 0.556. The molecule has 3 aromatic carbocycles. The molecule has 1 aliphatic heterocycles. The van der Waals surface area contributed by atoms with E-state index in [1.807, 2.05) is 24.3 Å². The molecule has 1 aliphatic rings. The van der Waals surface area contributed by atoms with Gasteiger partial charge in [-0.05, 0) is 53.1 Å². The topological polar surface area (TPSA) is 46.2 Å². The van der Waals surface area contributed by atoms with E-state index in [-0.39, 0.29) is 11.7 Å². The van der Waals surface area contributed by atoms with E-state index in [9.17, 15) is 9.59 Å². The van der Waals surface area contributed by atoms with Crippen molar-refractivity contribution in [3.8, 4) is 0 Å². The average molecular weight is 347 g/mol. The second-order valence-corrected chi connectivity index (χ2v) is 7.19. The van der Waals surface area contributed by atoms with Crippen molar-refractivity contribution in [2.24, 2.45) is 0 Å². The Labute approximate surface area is 150 Å². The van der Waals surface area contributed by atoms with E-state index in [0.29, 0.717) is 24.2 Å². The lowest BCUT2D eigenvalue weighted by Gasteiger charge is -2.17. The first-order valence-corrected chi connectivity index (χ1v) is 9.25. The predicted molar refractivity (Wildman–Crippen MR) is 102 cm³/mol. The maximum absolute atomic E-state index is 12.5. The Hall–Kier alpha value is -2.59. The first kappa shape index (κ1) is 15.9. The van der Waals surface area contributed by atoms with Crippen molar-refractivity contribution in [1.82, 2.24) is 0 Å². The summed E-state index contributed by atoms with van der Waals surface area (Å²) in [5, 5.41) is 5.23. The largest absolute Gasteiger partial charge is 0.326 e. The summed E-state index contributed by atoms with van der Waals surface area (Å²) < 4.78 is 0. The zero-order valence-electron chi connectivity index (χ0n) is 13.6. The van der Waals surface area contributed by atoms with Crippen molar-refractivity contribution in [1.29, 1.82) is 0 Å². The molecule has 124 valence electrons. The van der Waals surface area contributed by atoms with Gasteiger partial charge in [0.05, 0.1) is 5.75 Å². The van der Waals surface area contributed by atoms with Gasteiger partial charge in [-0.25, -0.2) is 0 Å². The van der Waals surface area contributed by atoms with Gasteiger partial charge in [-0.3, -0.25) is 9.59 Å². The van der Waals surface area contributed by atoms with E-state index in [0.717, 1.165) is 16.1 Å². The van der Waals surface area contributed by atoms with Crippen molar-refractivity contribution in [2.75, 3.05) is 11.1 Å². The molecular weight excluding hydrogens is 330 g/mol. The molecule has 0 bridgehead atoms. The number of nitrogens with one attached hydrogen (secondary N) is 1. The van der Waals surface area contributed by atoms with Gasteiger partial charge in [-0.1, -0.05) is 30.3 Å². The van der Waals surface area contributed by atoms with E-state index in [2.05, 4.69) is 35.6 Å². The van der Waals surface area contributed by atoms with Crippen molar-refractivity contribution < 1.29 is 9.59 Å². The molecule has 0 unspecified atom stereocenters. The van der Waals surface area contributed by atoms with Gasteiger partial charge < -0.3 is 5.32 Å². The van der Waals surface area contributed by atoms with E-state index in [1.165, 1.54) is 10.8 Å². The van der Waals surface area contributed by atoms with Gasteiger partial charge in [-0.2, -0.15) is 0 Å². The maximum atomic E-state index is 12.5. The van der Waals surface area contributed by atoms with E-state index < -0.39 is 0 Å². The number of fused-ring (bicyclic) bond motifs is 2. The molecule has 3 nitrogen and oxygen atoms in total. The molecule has 0 aliphatic carbocycles. The number of Topliss-reactive ketones (excluding diaryl/α,β-unsaturated/α-hetero) is 1. The monoisotopic (exact) mass is 347 g/mol. The van der Waals surface area contributed by atoms with Crippen LogP contribution in [0.1, 0.15) is 22.3 Å². The van der Waals surface area contributed by atoms with Gasteiger partial charge in [-0.15, -0.1) is 11.8 Å². The number of thioether (sulfide) groups is 1. The molecule has 0 atom stereocenters. The highest BCUT2D eigenvalue weighted by atomic mass is 32.2. The third kappa shape index (κ3) is 3.44. The van der Waals surface area contributed by atoms with Crippen LogP contribution in [0.2, 0.25) is 0 Å². The second-order valence-electron chi connectivity index (χ2n) is 6.14. The minimum atomic E-state index is 0.0402. The molecule has 1 heterocycles. The summed E-state index contributed by atoms with van der Waals surface area (Å²) in [6, 6.07) is 20.0. The molecule has 4 rings (SSSR count). The Bertz CT molecular complexity index is 981. The van der Waals surface area contributed by atoms with Gasteiger partial charge >= 0.3 is 0 Å². The smallest absolute Gasteiger partial charge is 0.224 e. The lowest BCUT2D eigenvalue weighted by Crippen LogP contribution is -2.19. The zero-order chi connectivity index (χ0) is 17.2. The number of ketones is 1. The minimum Gasteiger partial charge on any atom is -0.326 e. The van der Waals surface area contributed by atoms with Crippen molar-refractivity contribution in [3.05, 3.63) is 71.8 Å². The van der Waals surface area contributed by atoms with E-state index in [1.54, 1.807) is 17.8 Å². The fraction of sp³-hybridized carbons (Fsp3) is 0.143. The zero-order valence-corrected chi connectivity index (χ0v) is 14.4. The van der Waals surface area contributed by atoms with E-state index in [4.69, 9.17) is 0 Å². The standard InChI is InChI=1S/C21H17NO2S/c23-20(17-6-9-19-16(11-17)7-10-21(24)22-19)13-25-18-8-5-14-3-1-2-4-15(14)12-18/h1-6,8-9,11-12H,7,10,13H2,(H,22,24). The Morgan fingerprint density at radius 1 is 0.960 bits per heavy atom. The first-order valence-electron chi connectivity index (χ1n) is 8.27. The summed E-state index contributed by atoms with van der Waals surface area (Å²) in [6.45, 7) is 0. The Morgan fingerprint density at radius 3 is 2.68 bits per heavy atom. The number of benzene rings is 3. The molecule has 0 aromatic heterocycles. The third-order valence-electron chi connectivity index (χ3n) is 4.41. The number of carbonyl (C=O) groups is 2. The molecule has 0 fully saturated rings. The van der Waals surface area contributed by atoms with Gasteiger partial charge in [0.2, 0.25) is 5.91 Å². The number of aryl methyl sites for hydroxylation is 1. The molecule has 1 amide bonds. The summed E-state index contributed by atoms with van der Waals surface area (Å²) in [4.78, 5) is 25.0. The van der Waals surface area contributed by atoms with Crippen LogP contribution < -0.4 is 5.32 Å². The molecule has 4 heteroatoms. The third-order valence-corrected chi connectivity index (χ3v) is 5.41. The first-order chi connectivity index (χ1) is 12.2. The van der Waals surface area contributed by atoms with Gasteiger partial charge in [0.1, 0.15) is 0 Å². The van der Waals surface area contributed by atoms with Crippen LogP contribution in [-0.2, 0) is 11.2 Å². The fourth-order valence-electron chi connectivity index (χ4n) is 3.05. The fourth-order valence-corrected chi connectivity index (χ4v) is 3.89. The Kier molecular flexibility index (Phi) is 4.28. The summed E-state index contributed by atoms with van der Waals surface area (Å²) in [5.41, 5.74) is 2.58. The normalized spacial score (nSPS) is 13.4. The van der Waals surface area contributed by atoms with Crippen molar-refractivity contribution in [3.63, 3.8) is 0 Å². The maximum Gasteiger partial charge on any atom is 0.224 e. The summed E-state index contributed by atoms with van der Waals surface area (Å²) >= 11 is 1.56. The molecule has 0 radical (unpaired) electrons. The number of anilines is 1. The molecule has 0 spiro atoms. The average Bonchev–Trinajstić information content (AvgIpc) is 2.65. The lowest BCUT2D eigenvalue weighted by molar-refractivity contribution is -0.116. The molecule has 0 saturated heterocycles. The highest BCUT2D eigenvalue weighted by Gasteiger charge is 2.16. The van der Waals surface area contributed by atoms with Crippen LogP contribution in [0.25, 0.3) is 10.8 Å². The van der Waals surface area contributed by atoms with Crippen molar-refractivity contribution >= 4 is 39.9 Å². The van der Waals surface area contributed by atoms with Crippen LogP contribution >= 0.6 is 11.8 Å². The highest BCUT2D eigenvalue weighted by molar-refractivity contribution is 8.00. The lowest BCUT2D eigenvalue weighted by atomic mass is 9.99. The Balaban J connectivity index is 1.47. The summed E-state index contributed by atoms with van der Waals surface area (Å²) in [6.07, 6.45) is 1.18. The number of rotatable bonds is 4. The molecule has 1 N–H and O–H groups in total. The molecule has 25 heavy (non-hydrogen) atoms. The molecular formula is C21H17NO2S. The Morgan fingerprint density at radius 2 is 1.80 bits per heavy atom. The SMILES string of the molecule is O=C1CCc2cc(C(=O)CSc3ccc4ccccc4c3)ccc2N1. The number of hydrogen-bond acceptors (Lipinski definition) is 3. The van der Waals surface area contributed by atoms with Crippen LogP contribution in [0.5, 0.6) is 0 Å². The van der Waals surface area contributed by atoms with Gasteiger partial charge in [0, 0.05) is 22.6 Å². The minimum absolute atomic E-state index is 0.0402. The van der Waals surface area contributed by atoms with Gasteiger partial charge in [0.25, 0.3) is 0 Å². The quantitative estimate of drug-likeness (QED) is 0.550. The predicted octanol–water partition coefficient (Wildman–Crippen LogP) is 4.70.